The molecule has 0 radical (unpaired) electrons. The highest BCUT2D eigenvalue weighted by Crippen LogP contribution is 2.17. The first-order valence-corrected chi connectivity index (χ1v) is 6.62. The van der Waals surface area contributed by atoms with Gasteiger partial charge in [0.05, 0.1) is 0 Å². The molecule has 0 aliphatic carbocycles. The second-order valence-electron chi connectivity index (χ2n) is 4.69. The summed E-state index contributed by atoms with van der Waals surface area (Å²) in [6.45, 7) is 0.986. The highest BCUT2D eigenvalue weighted by molar-refractivity contribution is 5.49. The smallest absolute Gasteiger partial charge is 0.158 e. The molecule has 0 amide bonds. The molecule has 1 N–H and O–H groups in total. The van der Waals surface area contributed by atoms with Gasteiger partial charge in [-0.25, -0.2) is 14.4 Å². The van der Waals surface area contributed by atoms with Gasteiger partial charge in [0, 0.05) is 33.8 Å². The quantitative estimate of drug-likeness (QED) is 0.885. The lowest BCUT2D eigenvalue weighted by Crippen LogP contribution is -2.19. The third kappa shape index (κ3) is 4.13. The van der Waals surface area contributed by atoms with Crippen LogP contribution in [0.1, 0.15) is 11.4 Å². The monoisotopic (exact) mass is 290 g/mol. The molecule has 1 heterocycles. The molecule has 0 saturated heterocycles. The molecular formula is C15H19FN4O. The molecule has 0 saturated carbocycles. The number of aromatic nitrogens is 2. The molecule has 5 nitrogen and oxygen atoms in total. The Bertz CT molecular complexity index is 589. The third-order valence-electron chi connectivity index (χ3n) is 3.01. The molecule has 21 heavy (non-hydrogen) atoms. The lowest BCUT2D eigenvalue weighted by Gasteiger charge is -2.19. The highest BCUT2D eigenvalue weighted by Gasteiger charge is 2.09. The van der Waals surface area contributed by atoms with Crippen molar-refractivity contribution in [1.82, 2.24) is 9.97 Å². The second-order valence-corrected chi connectivity index (χ2v) is 4.69. The number of hydrogen-bond donors (Lipinski definition) is 1. The van der Waals surface area contributed by atoms with E-state index in [0.717, 1.165) is 17.2 Å². The zero-order valence-electron chi connectivity index (χ0n) is 12.4. The van der Waals surface area contributed by atoms with E-state index >= 15 is 0 Å². The molecule has 2 rings (SSSR count). The maximum absolute atomic E-state index is 12.9. The van der Waals surface area contributed by atoms with Gasteiger partial charge < -0.3 is 15.0 Å². The fourth-order valence-corrected chi connectivity index (χ4v) is 1.95. The zero-order chi connectivity index (χ0) is 15.2. The van der Waals surface area contributed by atoms with Crippen LogP contribution in [0.15, 0.2) is 30.3 Å². The molecule has 1 aromatic carbocycles. The van der Waals surface area contributed by atoms with Crippen LogP contribution < -0.4 is 10.2 Å². The first-order chi connectivity index (χ1) is 10.1. The first-order valence-electron chi connectivity index (χ1n) is 6.62. The first kappa shape index (κ1) is 15.2. The van der Waals surface area contributed by atoms with E-state index in [-0.39, 0.29) is 5.82 Å². The minimum absolute atomic E-state index is 0.233. The Hall–Kier alpha value is -2.21. The van der Waals surface area contributed by atoms with Gasteiger partial charge in [0.1, 0.15) is 24.1 Å². The summed E-state index contributed by atoms with van der Waals surface area (Å²) in [6, 6.07) is 8.31. The minimum atomic E-state index is -0.233. The van der Waals surface area contributed by atoms with Crippen LogP contribution in [0.4, 0.5) is 16.0 Å². The van der Waals surface area contributed by atoms with Crippen LogP contribution in [0, 0.1) is 5.82 Å². The highest BCUT2D eigenvalue weighted by atomic mass is 19.1. The topological polar surface area (TPSA) is 50.3 Å². The van der Waals surface area contributed by atoms with Crippen LogP contribution in [0.5, 0.6) is 0 Å². The predicted molar refractivity (Wildman–Crippen MR) is 80.8 cm³/mol. The molecule has 0 unspecified atom stereocenters. The van der Waals surface area contributed by atoms with Crippen molar-refractivity contribution in [3.8, 4) is 0 Å². The van der Waals surface area contributed by atoms with Crippen LogP contribution in [0.2, 0.25) is 0 Å². The number of halogens is 1. The van der Waals surface area contributed by atoms with Crippen molar-refractivity contribution in [3.63, 3.8) is 0 Å². The van der Waals surface area contributed by atoms with Crippen molar-refractivity contribution in [3.05, 3.63) is 47.5 Å². The van der Waals surface area contributed by atoms with E-state index < -0.39 is 0 Å². The average molecular weight is 290 g/mol. The Balaban J connectivity index is 2.19. The van der Waals surface area contributed by atoms with Gasteiger partial charge in [-0.15, -0.1) is 0 Å². The Labute approximate surface area is 123 Å². The van der Waals surface area contributed by atoms with E-state index in [1.165, 1.54) is 12.1 Å². The number of rotatable bonds is 6. The van der Waals surface area contributed by atoms with Crippen molar-refractivity contribution in [2.24, 2.45) is 0 Å². The molecular weight excluding hydrogens is 271 g/mol. The summed E-state index contributed by atoms with van der Waals surface area (Å²) in [6.07, 6.45) is 0. The molecule has 6 heteroatoms. The maximum atomic E-state index is 12.9. The normalized spacial score (nSPS) is 10.5. The van der Waals surface area contributed by atoms with Gasteiger partial charge in [-0.2, -0.15) is 0 Å². The molecule has 0 spiro atoms. The molecule has 0 fully saturated rings. The Morgan fingerprint density at radius 1 is 1.24 bits per heavy atom. The lowest BCUT2D eigenvalue weighted by atomic mass is 10.2. The van der Waals surface area contributed by atoms with Crippen LogP contribution in [0.3, 0.4) is 0 Å². The van der Waals surface area contributed by atoms with Crippen molar-refractivity contribution in [1.29, 1.82) is 0 Å². The van der Waals surface area contributed by atoms with Gasteiger partial charge in [0.2, 0.25) is 0 Å². The van der Waals surface area contributed by atoms with Crippen molar-refractivity contribution in [2.45, 2.75) is 13.2 Å². The molecule has 0 aliphatic heterocycles. The van der Waals surface area contributed by atoms with Crippen LogP contribution in [-0.2, 0) is 17.9 Å². The fourth-order valence-electron chi connectivity index (χ4n) is 1.95. The van der Waals surface area contributed by atoms with Crippen molar-refractivity contribution < 1.29 is 9.13 Å². The standard InChI is InChI=1S/C15H19FN4O/c1-17-13-8-15(19-14(18-13)10-21-3)20(2)9-11-4-6-12(16)7-5-11/h4-8H,9-10H2,1-3H3,(H,17,18,19). The van der Waals surface area contributed by atoms with Crippen molar-refractivity contribution in [2.75, 3.05) is 31.4 Å². The summed E-state index contributed by atoms with van der Waals surface area (Å²) >= 11 is 0. The summed E-state index contributed by atoms with van der Waals surface area (Å²) in [5, 5.41) is 3.01. The lowest BCUT2D eigenvalue weighted by molar-refractivity contribution is 0.178. The Kier molecular flexibility index (Phi) is 5.05. The van der Waals surface area contributed by atoms with Gasteiger partial charge in [-0.3, -0.25) is 0 Å². The zero-order valence-corrected chi connectivity index (χ0v) is 12.4. The SMILES string of the molecule is CNc1cc(N(C)Cc2ccc(F)cc2)nc(COC)n1. The van der Waals surface area contributed by atoms with Crippen molar-refractivity contribution >= 4 is 11.6 Å². The van der Waals surface area contributed by atoms with E-state index in [1.807, 2.05) is 25.1 Å². The number of ether oxygens (including phenoxy) is 1. The third-order valence-corrected chi connectivity index (χ3v) is 3.01. The van der Waals surface area contributed by atoms with Gasteiger partial charge in [-0.1, -0.05) is 12.1 Å². The van der Waals surface area contributed by atoms with Crippen LogP contribution in [-0.4, -0.2) is 31.2 Å². The van der Waals surface area contributed by atoms with Crippen LogP contribution in [0.25, 0.3) is 0 Å². The van der Waals surface area contributed by atoms with E-state index in [1.54, 1.807) is 19.2 Å². The van der Waals surface area contributed by atoms with E-state index in [9.17, 15) is 4.39 Å². The van der Waals surface area contributed by atoms with E-state index in [0.29, 0.717) is 19.0 Å². The number of hydrogen-bond acceptors (Lipinski definition) is 5. The Morgan fingerprint density at radius 3 is 2.57 bits per heavy atom. The summed E-state index contributed by atoms with van der Waals surface area (Å²) in [4.78, 5) is 10.8. The van der Waals surface area contributed by atoms with Gasteiger partial charge in [0.15, 0.2) is 5.82 Å². The fraction of sp³-hybridized carbons (Fsp3) is 0.333. The van der Waals surface area contributed by atoms with Gasteiger partial charge in [0.25, 0.3) is 0 Å². The summed E-state index contributed by atoms with van der Waals surface area (Å²) in [5.74, 6) is 1.90. The molecule has 0 bridgehead atoms. The number of nitrogens with zero attached hydrogens (tertiary/aromatic N) is 3. The summed E-state index contributed by atoms with van der Waals surface area (Å²) in [7, 11) is 5.35. The molecule has 0 atom stereocenters. The second kappa shape index (κ2) is 6.99. The largest absolute Gasteiger partial charge is 0.377 e. The number of benzene rings is 1. The molecule has 2 aromatic rings. The molecule has 1 aromatic heterocycles. The van der Waals surface area contributed by atoms with E-state index in [4.69, 9.17) is 4.74 Å². The average Bonchev–Trinajstić information content (AvgIpc) is 2.49. The molecule has 112 valence electrons. The Morgan fingerprint density at radius 2 is 1.95 bits per heavy atom. The minimum Gasteiger partial charge on any atom is -0.377 e. The van der Waals surface area contributed by atoms with Gasteiger partial charge in [-0.05, 0) is 17.7 Å². The number of anilines is 2. The number of methoxy groups -OCH3 is 1. The van der Waals surface area contributed by atoms with Gasteiger partial charge >= 0.3 is 0 Å². The molecule has 0 aliphatic rings. The van der Waals surface area contributed by atoms with Crippen LogP contribution >= 0.6 is 0 Å². The number of nitrogens with one attached hydrogen (secondary N) is 1. The summed E-state index contributed by atoms with van der Waals surface area (Å²) in [5.41, 5.74) is 1.01. The maximum Gasteiger partial charge on any atom is 0.158 e. The van der Waals surface area contributed by atoms with E-state index in [2.05, 4.69) is 15.3 Å². The predicted octanol–water partition coefficient (Wildman–Crippen LogP) is 2.44. The summed E-state index contributed by atoms with van der Waals surface area (Å²) < 4.78 is 18.0.